The minimum Gasteiger partial charge on any atom is -0.382 e. The fourth-order valence-corrected chi connectivity index (χ4v) is 3.32. The number of hydrogen-bond acceptors (Lipinski definition) is 4. The van der Waals surface area contributed by atoms with Gasteiger partial charge in [0.1, 0.15) is 6.54 Å². The van der Waals surface area contributed by atoms with Crippen molar-refractivity contribution in [2.45, 2.75) is 58.5 Å². The summed E-state index contributed by atoms with van der Waals surface area (Å²) < 4.78 is 11.3. The van der Waals surface area contributed by atoms with E-state index in [4.69, 9.17) is 9.47 Å². The van der Waals surface area contributed by atoms with Crippen molar-refractivity contribution < 1.29 is 14.3 Å². The van der Waals surface area contributed by atoms with Gasteiger partial charge in [0.2, 0.25) is 5.91 Å². The summed E-state index contributed by atoms with van der Waals surface area (Å²) in [5, 5.41) is 6.66. The van der Waals surface area contributed by atoms with Crippen LogP contribution in [0.2, 0.25) is 0 Å². The first-order chi connectivity index (χ1) is 13.1. The van der Waals surface area contributed by atoms with Crippen LogP contribution in [-0.4, -0.2) is 76.4 Å². The van der Waals surface area contributed by atoms with E-state index >= 15 is 0 Å². The summed E-state index contributed by atoms with van der Waals surface area (Å²) in [6.45, 7) is 7.97. The molecule has 0 radical (unpaired) electrons. The Morgan fingerprint density at radius 2 is 1.85 bits per heavy atom. The zero-order valence-electron chi connectivity index (χ0n) is 17.8. The van der Waals surface area contributed by atoms with Crippen molar-refractivity contribution in [1.29, 1.82) is 0 Å². The van der Waals surface area contributed by atoms with E-state index in [1.165, 1.54) is 25.7 Å². The Labute approximate surface area is 165 Å². The van der Waals surface area contributed by atoms with Gasteiger partial charge in [-0.25, -0.2) is 4.99 Å². The van der Waals surface area contributed by atoms with Crippen molar-refractivity contribution in [2.24, 2.45) is 10.9 Å². The molecule has 1 saturated carbocycles. The maximum atomic E-state index is 11.8. The van der Waals surface area contributed by atoms with Gasteiger partial charge in [0, 0.05) is 47.0 Å². The van der Waals surface area contributed by atoms with Gasteiger partial charge in [0.25, 0.3) is 0 Å². The molecule has 1 amide bonds. The Bertz CT molecular complexity index is 423. The third kappa shape index (κ3) is 10.5. The van der Waals surface area contributed by atoms with E-state index in [0.717, 1.165) is 45.8 Å². The van der Waals surface area contributed by atoms with Crippen LogP contribution in [0.1, 0.15) is 52.4 Å². The second-order valence-electron chi connectivity index (χ2n) is 7.18. The van der Waals surface area contributed by atoms with Gasteiger partial charge in [-0.2, -0.15) is 0 Å². The van der Waals surface area contributed by atoms with Gasteiger partial charge >= 0.3 is 0 Å². The molecule has 1 unspecified atom stereocenters. The van der Waals surface area contributed by atoms with E-state index in [9.17, 15) is 4.79 Å². The quantitative estimate of drug-likeness (QED) is 0.289. The summed E-state index contributed by atoms with van der Waals surface area (Å²) >= 11 is 0. The molecule has 0 heterocycles. The standard InChI is InChI=1S/C20H40N4O3/c1-5-26-15-9-13-21-20(23-16-19(25)24(3)4)22-14-12-18(27-6-2)17-10-7-8-11-17/h17-18H,5-16H2,1-4H3,(H2,21,22,23). The number of aliphatic imine (C=N–C) groups is 1. The van der Waals surface area contributed by atoms with Gasteiger partial charge in [-0.1, -0.05) is 12.8 Å². The highest BCUT2D eigenvalue weighted by atomic mass is 16.5. The summed E-state index contributed by atoms with van der Waals surface area (Å²) in [7, 11) is 3.49. The number of amides is 1. The van der Waals surface area contributed by atoms with E-state index in [1.54, 1.807) is 19.0 Å². The topological polar surface area (TPSA) is 75.2 Å². The Balaban J connectivity index is 2.47. The number of nitrogens with one attached hydrogen (secondary N) is 2. The molecule has 0 spiro atoms. The molecule has 1 rings (SSSR count). The van der Waals surface area contributed by atoms with E-state index in [1.807, 2.05) is 6.92 Å². The van der Waals surface area contributed by atoms with Crippen molar-refractivity contribution >= 4 is 11.9 Å². The Kier molecular flexibility index (Phi) is 12.9. The van der Waals surface area contributed by atoms with Gasteiger partial charge in [0.15, 0.2) is 5.96 Å². The highest BCUT2D eigenvalue weighted by Crippen LogP contribution is 2.30. The number of carbonyl (C=O) groups excluding carboxylic acids is 1. The van der Waals surface area contributed by atoms with Crippen molar-refractivity contribution in [2.75, 3.05) is 53.6 Å². The Morgan fingerprint density at radius 3 is 2.48 bits per heavy atom. The number of ether oxygens (including phenoxy) is 2. The van der Waals surface area contributed by atoms with Gasteiger partial charge in [-0.05, 0) is 45.4 Å². The van der Waals surface area contributed by atoms with Crippen molar-refractivity contribution in [3.05, 3.63) is 0 Å². The summed E-state index contributed by atoms with van der Waals surface area (Å²) in [6, 6.07) is 0. The highest BCUT2D eigenvalue weighted by Gasteiger charge is 2.25. The third-order valence-corrected chi connectivity index (χ3v) is 4.86. The molecule has 1 aliphatic carbocycles. The smallest absolute Gasteiger partial charge is 0.243 e. The fourth-order valence-electron chi connectivity index (χ4n) is 3.32. The number of likely N-dealkylation sites (N-methyl/N-ethyl adjacent to an activating group) is 1. The molecule has 0 aromatic rings. The second kappa shape index (κ2) is 14.7. The maximum Gasteiger partial charge on any atom is 0.243 e. The zero-order valence-corrected chi connectivity index (χ0v) is 17.8. The van der Waals surface area contributed by atoms with E-state index in [0.29, 0.717) is 18.0 Å². The summed E-state index contributed by atoms with van der Waals surface area (Å²) in [6.07, 6.45) is 7.37. The van der Waals surface area contributed by atoms with Crippen LogP contribution >= 0.6 is 0 Å². The van der Waals surface area contributed by atoms with Crippen LogP contribution in [0.15, 0.2) is 4.99 Å². The second-order valence-corrected chi connectivity index (χ2v) is 7.18. The molecule has 1 atom stereocenters. The number of rotatable bonds is 13. The minimum atomic E-state index is -0.0106. The number of guanidine groups is 1. The van der Waals surface area contributed by atoms with Crippen LogP contribution < -0.4 is 10.6 Å². The van der Waals surface area contributed by atoms with E-state index < -0.39 is 0 Å². The van der Waals surface area contributed by atoms with Crippen molar-refractivity contribution in [3.8, 4) is 0 Å². The summed E-state index contributed by atoms with van der Waals surface area (Å²) in [4.78, 5) is 17.8. The normalized spacial score (nSPS) is 16.4. The van der Waals surface area contributed by atoms with Gasteiger partial charge in [-0.15, -0.1) is 0 Å². The van der Waals surface area contributed by atoms with Crippen LogP contribution in [0.25, 0.3) is 0 Å². The molecule has 0 bridgehead atoms. The zero-order chi connectivity index (χ0) is 19.9. The number of carbonyl (C=O) groups is 1. The first-order valence-corrected chi connectivity index (χ1v) is 10.5. The van der Waals surface area contributed by atoms with Gasteiger partial charge in [0.05, 0.1) is 6.10 Å². The molecule has 0 aliphatic heterocycles. The Hall–Kier alpha value is -1.34. The molecule has 1 fully saturated rings. The molecule has 7 nitrogen and oxygen atoms in total. The average Bonchev–Trinajstić information content (AvgIpc) is 3.18. The molecule has 0 aromatic heterocycles. The van der Waals surface area contributed by atoms with Crippen LogP contribution in [0.3, 0.4) is 0 Å². The molecule has 1 aliphatic rings. The third-order valence-electron chi connectivity index (χ3n) is 4.86. The van der Waals surface area contributed by atoms with Crippen LogP contribution in [0.4, 0.5) is 0 Å². The molecule has 2 N–H and O–H groups in total. The monoisotopic (exact) mass is 384 g/mol. The van der Waals surface area contributed by atoms with Crippen molar-refractivity contribution in [3.63, 3.8) is 0 Å². The SMILES string of the molecule is CCOCCCNC(=NCC(=O)N(C)C)NCCC(OCC)C1CCCC1. The predicted octanol–water partition coefficient (Wildman–Crippen LogP) is 2.02. The van der Waals surface area contributed by atoms with E-state index in [-0.39, 0.29) is 12.5 Å². The lowest BCUT2D eigenvalue weighted by Crippen LogP contribution is -2.41. The lowest BCUT2D eigenvalue weighted by molar-refractivity contribution is -0.127. The lowest BCUT2D eigenvalue weighted by Gasteiger charge is -2.24. The summed E-state index contributed by atoms with van der Waals surface area (Å²) in [5.41, 5.74) is 0. The number of hydrogen-bond donors (Lipinski definition) is 2. The largest absolute Gasteiger partial charge is 0.382 e. The molecule has 27 heavy (non-hydrogen) atoms. The Morgan fingerprint density at radius 1 is 1.15 bits per heavy atom. The molecule has 158 valence electrons. The predicted molar refractivity (Wildman–Crippen MR) is 110 cm³/mol. The molecular weight excluding hydrogens is 344 g/mol. The molecule has 0 aromatic carbocycles. The summed E-state index contributed by atoms with van der Waals surface area (Å²) in [5.74, 6) is 1.36. The molecule has 0 saturated heterocycles. The first-order valence-electron chi connectivity index (χ1n) is 10.5. The van der Waals surface area contributed by atoms with E-state index in [2.05, 4.69) is 22.5 Å². The van der Waals surface area contributed by atoms with Gasteiger partial charge < -0.3 is 25.0 Å². The maximum absolute atomic E-state index is 11.8. The van der Waals surface area contributed by atoms with Crippen LogP contribution in [-0.2, 0) is 14.3 Å². The van der Waals surface area contributed by atoms with Crippen LogP contribution in [0, 0.1) is 5.92 Å². The minimum absolute atomic E-state index is 0.0106. The number of nitrogens with zero attached hydrogens (tertiary/aromatic N) is 2. The molecule has 7 heteroatoms. The highest BCUT2D eigenvalue weighted by molar-refractivity contribution is 5.84. The fraction of sp³-hybridized carbons (Fsp3) is 0.900. The van der Waals surface area contributed by atoms with Crippen LogP contribution in [0.5, 0.6) is 0 Å². The average molecular weight is 385 g/mol. The first kappa shape index (κ1) is 23.7. The lowest BCUT2D eigenvalue weighted by atomic mass is 9.98. The van der Waals surface area contributed by atoms with Gasteiger partial charge in [-0.3, -0.25) is 4.79 Å². The van der Waals surface area contributed by atoms with Crippen molar-refractivity contribution in [1.82, 2.24) is 15.5 Å². The molecular formula is C20H40N4O3.